The van der Waals surface area contributed by atoms with Crippen molar-refractivity contribution in [2.75, 3.05) is 4.90 Å². The van der Waals surface area contributed by atoms with E-state index in [1.165, 1.54) is 27.8 Å². The van der Waals surface area contributed by atoms with Crippen LogP contribution in [0.2, 0.25) is 0 Å². The van der Waals surface area contributed by atoms with E-state index in [1.54, 1.807) is 6.20 Å². The van der Waals surface area contributed by atoms with E-state index in [0.29, 0.717) is 0 Å². The SMILES string of the molecule is c1ccc(-c2ccc(-c3cccc(N(c4ccc(-c5ccccc5)cc4)c4ccc5c(c4)oc4cnccc45)c3)cc2)cc1. The molecule has 6 aromatic carbocycles. The summed E-state index contributed by atoms with van der Waals surface area (Å²) in [6.45, 7) is 0. The third-order valence-electron chi connectivity index (χ3n) is 8.18. The fourth-order valence-electron chi connectivity index (χ4n) is 5.95. The lowest BCUT2D eigenvalue weighted by Crippen LogP contribution is -2.10. The Morgan fingerprint density at radius 1 is 0.386 bits per heavy atom. The normalized spacial score (nSPS) is 11.2. The minimum atomic E-state index is 0.791. The van der Waals surface area contributed by atoms with Gasteiger partial charge in [0.1, 0.15) is 5.58 Å². The molecule has 2 heterocycles. The number of anilines is 3. The summed E-state index contributed by atoms with van der Waals surface area (Å²) >= 11 is 0. The Hall–Kier alpha value is -5.93. The van der Waals surface area contributed by atoms with Crippen molar-refractivity contribution in [1.82, 2.24) is 4.98 Å². The van der Waals surface area contributed by atoms with Crippen molar-refractivity contribution >= 4 is 39.0 Å². The van der Waals surface area contributed by atoms with Gasteiger partial charge in [-0.2, -0.15) is 0 Å². The highest BCUT2D eigenvalue weighted by atomic mass is 16.3. The summed E-state index contributed by atoms with van der Waals surface area (Å²) in [7, 11) is 0. The third-order valence-corrected chi connectivity index (χ3v) is 8.18. The van der Waals surface area contributed by atoms with Gasteiger partial charge in [0.05, 0.1) is 6.20 Å². The topological polar surface area (TPSA) is 29.3 Å². The number of rotatable bonds is 6. The smallest absolute Gasteiger partial charge is 0.153 e. The van der Waals surface area contributed by atoms with Crippen LogP contribution in [0, 0.1) is 0 Å². The van der Waals surface area contributed by atoms with E-state index in [4.69, 9.17) is 4.42 Å². The summed E-state index contributed by atoms with van der Waals surface area (Å²) in [6, 6.07) is 55.7. The van der Waals surface area contributed by atoms with Crippen molar-refractivity contribution in [3.8, 4) is 33.4 Å². The van der Waals surface area contributed by atoms with Crippen LogP contribution >= 0.6 is 0 Å². The molecule has 0 N–H and O–H groups in total. The van der Waals surface area contributed by atoms with Crippen molar-refractivity contribution in [3.63, 3.8) is 0 Å². The van der Waals surface area contributed by atoms with E-state index in [9.17, 15) is 0 Å². The molecule has 8 aromatic rings. The van der Waals surface area contributed by atoms with Crippen LogP contribution in [0.25, 0.3) is 55.3 Å². The molecule has 0 atom stereocenters. The van der Waals surface area contributed by atoms with Crippen molar-refractivity contribution < 1.29 is 4.42 Å². The Morgan fingerprint density at radius 2 is 0.909 bits per heavy atom. The summed E-state index contributed by atoms with van der Waals surface area (Å²) < 4.78 is 6.24. The second kappa shape index (κ2) is 11.0. The first-order chi connectivity index (χ1) is 21.8. The average molecular weight is 565 g/mol. The summed E-state index contributed by atoms with van der Waals surface area (Å²) in [6.07, 6.45) is 3.59. The van der Waals surface area contributed by atoms with Crippen LogP contribution in [0.15, 0.2) is 175 Å². The number of aromatic nitrogens is 1. The molecule has 8 rings (SSSR count). The minimum Gasteiger partial charge on any atom is -0.454 e. The zero-order valence-corrected chi connectivity index (χ0v) is 24.0. The van der Waals surface area contributed by atoms with Gasteiger partial charge in [-0.25, -0.2) is 0 Å². The highest BCUT2D eigenvalue weighted by Crippen LogP contribution is 2.40. The second-order valence-corrected chi connectivity index (χ2v) is 10.9. The van der Waals surface area contributed by atoms with Crippen molar-refractivity contribution in [2.45, 2.75) is 0 Å². The molecule has 44 heavy (non-hydrogen) atoms. The average Bonchev–Trinajstić information content (AvgIpc) is 3.48. The molecular weight excluding hydrogens is 536 g/mol. The first-order valence-electron chi connectivity index (χ1n) is 14.8. The monoisotopic (exact) mass is 564 g/mol. The molecule has 0 radical (unpaired) electrons. The molecule has 0 aliphatic rings. The van der Waals surface area contributed by atoms with Crippen molar-refractivity contribution in [1.29, 1.82) is 0 Å². The molecular formula is C41H28N2O. The molecule has 208 valence electrons. The largest absolute Gasteiger partial charge is 0.454 e. The minimum absolute atomic E-state index is 0.791. The maximum atomic E-state index is 6.24. The fourth-order valence-corrected chi connectivity index (χ4v) is 5.95. The Bertz CT molecular complexity index is 2200. The van der Waals surface area contributed by atoms with Gasteiger partial charge in [0, 0.05) is 40.1 Å². The standard InChI is InChI=1S/C41H28N2O/c1-3-8-29(9-4-1)31-14-16-33(17-15-31)34-12-7-13-36(26-34)43(35-20-18-32(19-21-35)30-10-5-2-6-11-30)37-22-23-38-39-24-25-42-28-41(39)44-40(38)27-37/h1-28H. The maximum absolute atomic E-state index is 6.24. The summed E-state index contributed by atoms with van der Waals surface area (Å²) in [5.41, 5.74) is 11.9. The van der Waals surface area contributed by atoms with Crippen LogP contribution in [0.4, 0.5) is 17.1 Å². The number of furan rings is 1. The van der Waals surface area contributed by atoms with Gasteiger partial charge in [-0.05, 0) is 75.8 Å². The molecule has 0 saturated carbocycles. The van der Waals surface area contributed by atoms with Crippen molar-refractivity contribution in [3.05, 3.63) is 170 Å². The molecule has 0 fully saturated rings. The van der Waals surface area contributed by atoms with Crippen LogP contribution in [0.1, 0.15) is 0 Å². The predicted octanol–water partition coefficient (Wildman–Crippen LogP) is 11.5. The van der Waals surface area contributed by atoms with E-state index in [0.717, 1.165) is 44.6 Å². The Kier molecular flexibility index (Phi) is 6.47. The van der Waals surface area contributed by atoms with Crippen molar-refractivity contribution in [2.24, 2.45) is 0 Å². The van der Waals surface area contributed by atoms with Crippen LogP contribution < -0.4 is 4.90 Å². The summed E-state index contributed by atoms with van der Waals surface area (Å²) in [5, 5.41) is 2.15. The van der Waals surface area contributed by atoms with Gasteiger partial charge < -0.3 is 9.32 Å². The quantitative estimate of drug-likeness (QED) is 0.201. The lowest BCUT2D eigenvalue weighted by molar-refractivity contribution is 0.667. The summed E-state index contributed by atoms with van der Waals surface area (Å²) in [5.74, 6) is 0. The van der Waals surface area contributed by atoms with Crippen LogP contribution in [-0.2, 0) is 0 Å². The zero-order valence-electron chi connectivity index (χ0n) is 24.0. The van der Waals surface area contributed by atoms with Crippen LogP contribution in [0.3, 0.4) is 0 Å². The Labute approximate surface area is 256 Å². The molecule has 0 unspecified atom stereocenters. The molecule has 3 nitrogen and oxygen atoms in total. The zero-order chi connectivity index (χ0) is 29.3. The molecule has 0 bridgehead atoms. The second-order valence-electron chi connectivity index (χ2n) is 10.9. The maximum Gasteiger partial charge on any atom is 0.153 e. The van der Waals surface area contributed by atoms with E-state index < -0.39 is 0 Å². The van der Waals surface area contributed by atoms with E-state index in [2.05, 4.69) is 149 Å². The fraction of sp³-hybridized carbons (Fsp3) is 0. The van der Waals surface area contributed by atoms with Gasteiger partial charge in [0.2, 0.25) is 0 Å². The van der Waals surface area contributed by atoms with Gasteiger partial charge in [-0.3, -0.25) is 4.98 Å². The molecule has 0 spiro atoms. The van der Waals surface area contributed by atoms with E-state index in [-0.39, 0.29) is 0 Å². The molecule has 0 aliphatic carbocycles. The molecule has 2 aromatic heterocycles. The van der Waals surface area contributed by atoms with Gasteiger partial charge in [-0.15, -0.1) is 0 Å². The number of hydrogen-bond acceptors (Lipinski definition) is 3. The first kappa shape index (κ1) is 25.8. The number of nitrogens with zero attached hydrogens (tertiary/aromatic N) is 2. The lowest BCUT2D eigenvalue weighted by atomic mass is 9.99. The highest BCUT2D eigenvalue weighted by Gasteiger charge is 2.16. The first-order valence-corrected chi connectivity index (χ1v) is 14.8. The van der Waals surface area contributed by atoms with Gasteiger partial charge in [-0.1, -0.05) is 109 Å². The Morgan fingerprint density at radius 3 is 1.59 bits per heavy atom. The van der Waals surface area contributed by atoms with E-state index >= 15 is 0 Å². The van der Waals surface area contributed by atoms with Gasteiger partial charge >= 0.3 is 0 Å². The number of fused-ring (bicyclic) bond motifs is 3. The summed E-state index contributed by atoms with van der Waals surface area (Å²) in [4.78, 5) is 6.54. The van der Waals surface area contributed by atoms with E-state index in [1.807, 2.05) is 24.4 Å². The van der Waals surface area contributed by atoms with Gasteiger partial charge in [0.25, 0.3) is 0 Å². The predicted molar refractivity (Wildman–Crippen MR) is 183 cm³/mol. The van der Waals surface area contributed by atoms with Crippen LogP contribution in [0.5, 0.6) is 0 Å². The number of hydrogen-bond donors (Lipinski definition) is 0. The van der Waals surface area contributed by atoms with Gasteiger partial charge in [0.15, 0.2) is 5.58 Å². The molecule has 0 aliphatic heterocycles. The van der Waals surface area contributed by atoms with Crippen LogP contribution in [-0.4, -0.2) is 4.98 Å². The third kappa shape index (κ3) is 4.81. The lowest BCUT2D eigenvalue weighted by Gasteiger charge is -2.26. The molecule has 3 heteroatoms. The molecule has 0 saturated heterocycles. The molecule has 0 amide bonds. The highest BCUT2D eigenvalue weighted by molar-refractivity contribution is 6.05. The Balaban J connectivity index is 1.22. The number of pyridine rings is 1. The number of benzene rings is 6.